The molecule has 0 N–H and O–H groups in total. The largest absolute Gasteiger partial charge is 0.106 e. The third kappa shape index (κ3) is 2.63. The van der Waals surface area contributed by atoms with Crippen molar-refractivity contribution in [3.05, 3.63) is 0 Å². The van der Waals surface area contributed by atoms with Crippen LogP contribution in [0.3, 0.4) is 0 Å². The predicted molar refractivity (Wildman–Crippen MR) is 52.3 cm³/mol. The second-order valence-corrected chi connectivity index (χ2v) is 3.34. The van der Waals surface area contributed by atoms with E-state index in [1.807, 2.05) is 13.8 Å². The van der Waals surface area contributed by atoms with Gasteiger partial charge in [-0.3, -0.25) is 0 Å². The van der Waals surface area contributed by atoms with Crippen molar-refractivity contribution in [1.29, 1.82) is 0 Å². The number of rotatable bonds is 0. The van der Waals surface area contributed by atoms with Crippen molar-refractivity contribution < 1.29 is 0 Å². The van der Waals surface area contributed by atoms with Gasteiger partial charge in [-0.15, -0.1) is 23.7 Å². The fourth-order valence-corrected chi connectivity index (χ4v) is 1.79. The highest BCUT2D eigenvalue weighted by Crippen LogP contribution is 2.27. The zero-order valence-corrected chi connectivity index (χ0v) is 7.98. The Labute approximate surface area is 75.7 Å². The van der Waals surface area contributed by atoms with Crippen molar-refractivity contribution in [2.45, 2.75) is 39.5 Å². The summed E-state index contributed by atoms with van der Waals surface area (Å²) in [7, 11) is 0. The summed E-state index contributed by atoms with van der Waals surface area (Å²) in [5.74, 6) is 13.8. The summed E-state index contributed by atoms with van der Waals surface area (Å²) in [5.41, 5.74) is 0. The van der Waals surface area contributed by atoms with E-state index in [1.54, 1.807) is 0 Å². The molecule has 1 aliphatic rings. The standard InChI is InChI=1S/C12H16/c1-3-5-11-7-9-12(6-4-2)10-8-11/h11-12H,7-10H2,1-2H3. The lowest BCUT2D eigenvalue weighted by molar-refractivity contribution is 0.373. The first kappa shape index (κ1) is 9.21. The average Bonchev–Trinajstić information content (AvgIpc) is 2.09. The molecule has 0 aromatic rings. The highest BCUT2D eigenvalue weighted by atomic mass is 14.2. The maximum Gasteiger partial charge on any atom is 0.0203 e. The minimum absolute atomic E-state index is 0.657. The molecule has 0 heterocycles. The smallest absolute Gasteiger partial charge is 0.0203 e. The Kier molecular flexibility index (Phi) is 3.75. The third-order valence-electron chi connectivity index (χ3n) is 2.42. The van der Waals surface area contributed by atoms with Crippen LogP contribution in [-0.2, 0) is 0 Å². The fraction of sp³-hybridized carbons (Fsp3) is 0.667. The molecule has 0 radical (unpaired) electrons. The van der Waals surface area contributed by atoms with Crippen LogP contribution >= 0.6 is 0 Å². The molecule has 0 nitrogen and oxygen atoms in total. The summed E-state index contributed by atoms with van der Waals surface area (Å²) in [6, 6.07) is 0. The van der Waals surface area contributed by atoms with Gasteiger partial charge >= 0.3 is 0 Å². The summed E-state index contributed by atoms with van der Waals surface area (Å²) in [5, 5.41) is 0. The van der Waals surface area contributed by atoms with Crippen LogP contribution in [0.1, 0.15) is 39.5 Å². The van der Waals surface area contributed by atoms with Crippen molar-refractivity contribution in [3.8, 4) is 23.7 Å². The van der Waals surface area contributed by atoms with Gasteiger partial charge in [-0.25, -0.2) is 0 Å². The molecule has 1 fully saturated rings. The molecule has 0 heteroatoms. The van der Waals surface area contributed by atoms with E-state index in [0.717, 1.165) is 0 Å². The molecule has 0 aromatic heterocycles. The molecule has 0 bridgehead atoms. The maximum atomic E-state index is 3.25. The lowest BCUT2D eigenvalue weighted by Gasteiger charge is -2.21. The number of hydrogen-bond acceptors (Lipinski definition) is 0. The quantitative estimate of drug-likeness (QED) is 0.478. The second kappa shape index (κ2) is 4.89. The first-order valence-electron chi connectivity index (χ1n) is 4.71. The second-order valence-electron chi connectivity index (χ2n) is 3.34. The molecular weight excluding hydrogens is 144 g/mol. The van der Waals surface area contributed by atoms with E-state index in [9.17, 15) is 0 Å². The van der Waals surface area contributed by atoms with E-state index in [4.69, 9.17) is 0 Å². The zero-order valence-electron chi connectivity index (χ0n) is 7.98. The van der Waals surface area contributed by atoms with Gasteiger partial charge in [0.15, 0.2) is 0 Å². The lowest BCUT2D eigenvalue weighted by atomic mass is 9.83. The van der Waals surface area contributed by atoms with E-state index < -0.39 is 0 Å². The van der Waals surface area contributed by atoms with Crippen LogP contribution < -0.4 is 0 Å². The van der Waals surface area contributed by atoms with Crippen molar-refractivity contribution in [3.63, 3.8) is 0 Å². The fourth-order valence-electron chi connectivity index (χ4n) is 1.79. The molecule has 0 atom stereocenters. The molecule has 0 unspecified atom stereocenters. The van der Waals surface area contributed by atoms with Crippen LogP contribution in [0.2, 0.25) is 0 Å². The highest BCUT2D eigenvalue weighted by Gasteiger charge is 2.17. The minimum Gasteiger partial charge on any atom is -0.106 e. The molecule has 0 amide bonds. The Morgan fingerprint density at radius 2 is 1.08 bits per heavy atom. The Morgan fingerprint density at radius 3 is 1.33 bits per heavy atom. The Hall–Kier alpha value is -0.880. The topological polar surface area (TPSA) is 0 Å². The van der Waals surface area contributed by atoms with Crippen LogP contribution in [0.15, 0.2) is 0 Å². The van der Waals surface area contributed by atoms with Gasteiger partial charge < -0.3 is 0 Å². The Bertz CT molecular complexity index is 205. The first-order chi connectivity index (χ1) is 5.86. The van der Waals surface area contributed by atoms with E-state index >= 15 is 0 Å². The lowest BCUT2D eigenvalue weighted by Crippen LogP contribution is -2.11. The Morgan fingerprint density at radius 1 is 0.750 bits per heavy atom. The molecule has 1 aliphatic carbocycles. The van der Waals surface area contributed by atoms with Crippen LogP contribution in [-0.4, -0.2) is 0 Å². The van der Waals surface area contributed by atoms with Crippen LogP contribution in [0.4, 0.5) is 0 Å². The van der Waals surface area contributed by atoms with Gasteiger partial charge in [-0.05, 0) is 39.5 Å². The van der Waals surface area contributed by atoms with Gasteiger partial charge in [0.2, 0.25) is 0 Å². The van der Waals surface area contributed by atoms with Gasteiger partial charge in [-0.2, -0.15) is 0 Å². The van der Waals surface area contributed by atoms with Crippen molar-refractivity contribution in [2.75, 3.05) is 0 Å². The molecule has 1 rings (SSSR count). The minimum atomic E-state index is 0.657. The Balaban J connectivity index is 2.36. The first-order valence-corrected chi connectivity index (χ1v) is 4.71. The molecule has 1 saturated carbocycles. The van der Waals surface area contributed by atoms with E-state index in [2.05, 4.69) is 23.7 Å². The average molecular weight is 160 g/mol. The number of hydrogen-bond donors (Lipinski definition) is 0. The summed E-state index contributed by atoms with van der Waals surface area (Å²) >= 11 is 0. The molecule has 12 heavy (non-hydrogen) atoms. The van der Waals surface area contributed by atoms with Crippen LogP contribution in [0.5, 0.6) is 0 Å². The van der Waals surface area contributed by atoms with Crippen LogP contribution in [0.25, 0.3) is 0 Å². The zero-order chi connectivity index (χ0) is 8.81. The molecule has 0 aromatic carbocycles. The molecule has 0 spiro atoms. The van der Waals surface area contributed by atoms with E-state index in [-0.39, 0.29) is 0 Å². The van der Waals surface area contributed by atoms with Gasteiger partial charge in [0.25, 0.3) is 0 Å². The molecular formula is C12H16. The van der Waals surface area contributed by atoms with Gasteiger partial charge in [0.05, 0.1) is 0 Å². The third-order valence-corrected chi connectivity index (χ3v) is 2.42. The van der Waals surface area contributed by atoms with E-state index in [0.29, 0.717) is 11.8 Å². The van der Waals surface area contributed by atoms with Gasteiger partial charge in [0.1, 0.15) is 0 Å². The predicted octanol–water partition coefficient (Wildman–Crippen LogP) is 2.84. The molecule has 64 valence electrons. The van der Waals surface area contributed by atoms with Crippen molar-refractivity contribution in [1.82, 2.24) is 0 Å². The molecule has 0 saturated heterocycles. The summed E-state index contributed by atoms with van der Waals surface area (Å²) in [6.07, 6.45) is 5.00. The summed E-state index contributed by atoms with van der Waals surface area (Å²) in [4.78, 5) is 0. The van der Waals surface area contributed by atoms with E-state index in [1.165, 1.54) is 25.7 Å². The van der Waals surface area contributed by atoms with Crippen molar-refractivity contribution >= 4 is 0 Å². The monoisotopic (exact) mass is 160 g/mol. The summed E-state index contributed by atoms with van der Waals surface area (Å²) < 4.78 is 0. The SMILES string of the molecule is CC#CC1CCC(C#CC)CC1. The summed E-state index contributed by atoms with van der Waals surface area (Å²) in [6.45, 7) is 3.86. The highest BCUT2D eigenvalue weighted by molar-refractivity contribution is 5.07. The normalized spacial score (nSPS) is 27.8. The van der Waals surface area contributed by atoms with Crippen LogP contribution in [0, 0.1) is 35.5 Å². The van der Waals surface area contributed by atoms with Gasteiger partial charge in [0, 0.05) is 11.8 Å². The maximum absolute atomic E-state index is 3.25. The molecule has 0 aliphatic heterocycles. The van der Waals surface area contributed by atoms with Gasteiger partial charge in [-0.1, -0.05) is 0 Å². The van der Waals surface area contributed by atoms with Crippen molar-refractivity contribution in [2.24, 2.45) is 11.8 Å².